The number of aryl methyl sites for hydroxylation is 1. The number of nitrogens with zero attached hydrogens (tertiary/aromatic N) is 6. The quantitative estimate of drug-likeness (QED) is 0.569. The standard InChI is InChI=1S/C15H11FN6/c1-21-8-13(12-6-7-18-22-9-17-19-15(12)22)14(20-21)10-2-4-11(16)5-3-10/h2-9H,1H3. The molecule has 0 saturated heterocycles. The van der Waals surface area contributed by atoms with Gasteiger partial charge in [-0.25, -0.2) is 4.39 Å². The molecule has 0 spiro atoms. The number of hydrogen-bond donors (Lipinski definition) is 0. The van der Waals surface area contributed by atoms with Crippen LogP contribution in [-0.2, 0) is 7.05 Å². The smallest absolute Gasteiger partial charge is 0.185 e. The van der Waals surface area contributed by atoms with Gasteiger partial charge in [0, 0.05) is 36.1 Å². The van der Waals surface area contributed by atoms with Gasteiger partial charge in [-0.05, 0) is 30.3 Å². The fraction of sp³-hybridized carbons (Fsp3) is 0.0667. The number of fused-ring (bicyclic) bond motifs is 1. The van der Waals surface area contributed by atoms with Crippen molar-refractivity contribution in [1.82, 2.24) is 29.6 Å². The predicted octanol–water partition coefficient (Wildman–Crippen LogP) is 2.33. The molecule has 0 fully saturated rings. The summed E-state index contributed by atoms with van der Waals surface area (Å²) < 4.78 is 16.5. The summed E-state index contributed by atoms with van der Waals surface area (Å²) in [6.07, 6.45) is 5.14. The van der Waals surface area contributed by atoms with Gasteiger partial charge in [0.2, 0.25) is 0 Å². The molecule has 4 rings (SSSR count). The van der Waals surface area contributed by atoms with E-state index >= 15 is 0 Å². The van der Waals surface area contributed by atoms with Crippen LogP contribution in [0.3, 0.4) is 0 Å². The van der Waals surface area contributed by atoms with Crippen molar-refractivity contribution in [1.29, 1.82) is 0 Å². The highest BCUT2D eigenvalue weighted by Crippen LogP contribution is 2.32. The highest BCUT2D eigenvalue weighted by atomic mass is 19.1. The Balaban J connectivity index is 1.96. The van der Waals surface area contributed by atoms with Gasteiger partial charge in [-0.3, -0.25) is 4.68 Å². The molecule has 1 aromatic carbocycles. The molecule has 0 radical (unpaired) electrons. The summed E-state index contributed by atoms with van der Waals surface area (Å²) in [5.74, 6) is -0.273. The zero-order valence-electron chi connectivity index (χ0n) is 11.7. The van der Waals surface area contributed by atoms with E-state index in [9.17, 15) is 4.39 Å². The third kappa shape index (κ3) is 1.95. The molecule has 4 aromatic rings. The summed E-state index contributed by atoms with van der Waals surface area (Å²) in [5.41, 5.74) is 4.03. The molecule has 6 nitrogen and oxygen atoms in total. The molecule has 0 unspecified atom stereocenters. The van der Waals surface area contributed by atoms with Crippen LogP contribution in [0.15, 0.2) is 49.1 Å². The zero-order chi connectivity index (χ0) is 15.1. The Labute approximate surface area is 124 Å². The van der Waals surface area contributed by atoms with E-state index in [4.69, 9.17) is 0 Å². The van der Waals surface area contributed by atoms with Gasteiger partial charge in [0.1, 0.15) is 17.8 Å². The molecule has 108 valence electrons. The van der Waals surface area contributed by atoms with Crippen LogP contribution >= 0.6 is 0 Å². The molecule has 0 aliphatic carbocycles. The molecule has 0 saturated carbocycles. The van der Waals surface area contributed by atoms with Crippen molar-refractivity contribution in [3.8, 4) is 22.4 Å². The first-order chi connectivity index (χ1) is 10.7. The molecule has 0 amide bonds. The SMILES string of the molecule is Cn1cc(-c2ccnn3cnnc23)c(-c2ccc(F)cc2)n1. The lowest BCUT2D eigenvalue weighted by atomic mass is 10.0. The maximum absolute atomic E-state index is 13.1. The number of aromatic nitrogens is 6. The number of halogens is 1. The lowest BCUT2D eigenvalue weighted by Crippen LogP contribution is -1.92. The first-order valence-corrected chi connectivity index (χ1v) is 6.67. The average Bonchev–Trinajstić information content (AvgIpc) is 3.14. The van der Waals surface area contributed by atoms with Crippen molar-refractivity contribution >= 4 is 5.65 Å². The van der Waals surface area contributed by atoms with Crippen LogP contribution < -0.4 is 0 Å². The molecule has 7 heteroatoms. The summed E-state index contributed by atoms with van der Waals surface area (Å²) in [4.78, 5) is 0. The van der Waals surface area contributed by atoms with Crippen LogP contribution in [0.2, 0.25) is 0 Å². The summed E-state index contributed by atoms with van der Waals surface area (Å²) in [5, 5.41) is 16.6. The minimum absolute atomic E-state index is 0.273. The Bertz CT molecular complexity index is 954. The third-order valence-electron chi connectivity index (χ3n) is 3.44. The van der Waals surface area contributed by atoms with Crippen molar-refractivity contribution in [2.45, 2.75) is 0 Å². The number of hydrogen-bond acceptors (Lipinski definition) is 4. The molecule has 3 heterocycles. The number of benzene rings is 1. The second-order valence-electron chi connectivity index (χ2n) is 4.92. The van der Waals surface area contributed by atoms with Crippen LogP contribution in [0.25, 0.3) is 28.0 Å². The molecular weight excluding hydrogens is 283 g/mol. The topological polar surface area (TPSA) is 60.9 Å². The molecule has 0 N–H and O–H groups in total. The minimum atomic E-state index is -0.273. The van der Waals surface area contributed by atoms with Gasteiger partial charge in [0.25, 0.3) is 0 Å². The Morgan fingerprint density at radius 1 is 1.05 bits per heavy atom. The van der Waals surface area contributed by atoms with Gasteiger partial charge in [0.05, 0.1) is 0 Å². The summed E-state index contributed by atoms with van der Waals surface area (Å²) in [6, 6.07) is 8.14. The first-order valence-electron chi connectivity index (χ1n) is 6.67. The lowest BCUT2D eigenvalue weighted by molar-refractivity contribution is 0.628. The third-order valence-corrected chi connectivity index (χ3v) is 3.44. The van der Waals surface area contributed by atoms with Crippen molar-refractivity contribution in [2.75, 3.05) is 0 Å². The van der Waals surface area contributed by atoms with E-state index in [2.05, 4.69) is 20.4 Å². The summed E-state index contributed by atoms with van der Waals surface area (Å²) >= 11 is 0. The molecule has 0 atom stereocenters. The van der Waals surface area contributed by atoms with Crippen molar-refractivity contribution in [3.63, 3.8) is 0 Å². The zero-order valence-corrected chi connectivity index (χ0v) is 11.7. The van der Waals surface area contributed by atoms with Crippen LogP contribution in [0.4, 0.5) is 4.39 Å². The van der Waals surface area contributed by atoms with E-state index in [0.717, 1.165) is 22.4 Å². The molecular formula is C15H11FN6. The van der Waals surface area contributed by atoms with E-state index in [1.165, 1.54) is 12.1 Å². The van der Waals surface area contributed by atoms with E-state index in [1.54, 1.807) is 33.9 Å². The van der Waals surface area contributed by atoms with Crippen LogP contribution in [-0.4, -0.2) is 29.6 Å². The van der Waals surface area contributed by atoms with Crippen LogP contribution in [0.5, 0.6) is 0 Å². The minimum Gasteiger partial charge on any atom is -0.275 e. The maximum atomic E-state index is 13.1. The molecule has 0 aliphatic rings. The van der Waals surface area contributed by atoms with Gasteiger partial charge in [-0.2, -0.15) is 14.7 Å². The Kier molecular flexibility index (Phi) is 2.72. The second kappa shape index (κ2) is 4.73. The van der Waals surface area contributed by atoms with Gasteiger partial charge in [-0.1, -0.05) is 0 Å². The van der Waals surface area contributed by atoms with Gasteiger partial charge < -0.3 is 0 Å². The largest absolute Gasteiger partial charge is 0.275 e. The highest BCUT2D eigenvalue weighted by Gasteiger charge is 2.16. The normalized spacial score (nSPS) is 11.2. The van der Waals surface area contributed by atoms with E-state index < -0.39 is 0 Å². The monoisotopic (exact) mass is 294 g/mol. The Morgan fingerprint density at radius 2 is 1.86 bits per heavy atom. The van der Waals surface area contributed by atoms with Crippen molar-refractivity contribution < 1.29 is 4.39 Å². The lowest BCUT2D eigenvalue weighted by Gasteiger charge is -2.03. The van der Waals surface area contributed by atoms with Crippen LogP contribution in [0, 0.1) is 5.82 Å². The number of rotatable bonds is 2. The highest BCUT2D eigenvalue weighted by molar-refractivity contribution is 5.86. The summed E-state index contributed by atoms with van der Waals surface area (Å²) in [7, 11) is 1.85. The fourth-order valence-corrected chi connectivity index (χ4v) is 2.46. The Hall–Kier alpha value is -3.09. The van der Waals surface area contributed by atoms with Gasteiger partial charge >= 0.3 is 0 Å². The average molecular weight is 294 g/mol. The van der Waals surface area contributed by atoms with Crippen LogP contribution in [0.1, 0.15) is 0 Å². The van der Waals surface area contributed by atoms with E-state index in [1.807, 2.05) is 19.3 Å². The summed E-state index contributed by atoms with van der Waals surface area (Å²) in [6.45, 7) is 0. The Morgan fingerprint density at radius 3 is 2.68 bits per heavy atom. The van der Waals surface area contributed by atoms with Gasteiger partial charge in [0.15, 0.2) is 5.65 Å². The van der Waals surface area contributed by atoms with Crippen molar-refractivity contribution in [3.05, 3.63) is 54.9 Å². The molecule has 0 aliphatic heterocycles. The van der Waals surface area contributed by atoms with Gasteiger partial charge in [-0.15, -0.1) is 10.2 Å². The van der Waals surface area contributed by atoms with E-state index in [-0.39, 0.29) is 5.82 Å². The molecule has 22 heavy (non-hydrogen) atoms. The molecule has 0 bridgehead atoms. The molecule has 3 aromatic heterocycles. The first kappa shape index (κ1) is 12.6. The predicted molar refractivity (Wildman–Crippen MR) is 78.4 cm³/mol. The fourth-order valence-electron chi connectivity index (χ4n) is 2.46. The van der Waals surface area contributed by atoms with E-state index in [0.29, 0.717) is 5.65 Å². The second-order valence-corrected chi connectivity index (χ2v) is 4.92. The van der Waals surface area contributed by atoms with Crippen molar-refractivity contribution in [2.24, 2.45) is 7.05 Å². The maximum Gasteiger partial charge on any atom is 0.185 e.